The van der Waals surface area contributed by atoms with Crippen molar-refractivity contribution in [3.63, 3.8) is 0 Å². The minimum absolute atomic E-state index is 0.0820. The first-order chi connectivity index (χ1) is 7.26. The number of ether oxygens (including phenoxy) is 1. The van der Waals surface area contributed by atoms with Crippen molar-refractivity contribution in [2.45, 2.75) is 26.4 Å². The molecule has 0 spiro atoms. The molecule has 16 heavy (non-hydrogen) atoms. The summed E-state index contributed by atoms with van der Waals surface area (Å²) >= 11 is 0. The van der Waals surface area contributed by atoms with E-state index in [-0.39, 0.29) is 6.54 Å². The third-order valence-corrected chi connectivity index (χ3v) is 1.21. The van der Waals surface area contributed by atoms with E-state index in [1.807, 2.05) is 0 Å². The van der Waals surface area contributed by atoms with Gasteiger partial charge >= 0.3 is 12.1 Å². The molecule has 6 nitrogen and oxygen atoms in total. The Morgan fingerprint density at radius 3 is 2.44 bits per heavy atom. The van der Waals surface area contributed by atoms with Crippen molar-refractivity contribution in [1.29, 1.82) is 0 Å². The molecule has 0 atom stereocenters. The topological polar surface area (TPSA) is 79.2 Å². The highest BCUT2D eigenvalue weighted by Gasteiger charge is 2.20. The molecule has 0 aliphatic heterocycles. The van der Waals surface area contributed by atoms with Gasteiger partial charge in [0.15, 0.2) is 0 Å². The highest BCUT2D eigenvalue weighted by atomic mass is 16.6. The molecule has 0 heterocycles. The van der Waals surface area contributed by atoms with Crippen molar-refractivity contribution >= 4 is 18.3 Å². The van der Waals surface area contributed by atoms with Gasteiger partial charge in [-0.1, -0.05) is 6.08 Å². The first-order valence-electron chi connectivity index (χ1n) is 4.64. The van der Waals surface area contributed by atoms with Crippen molar-refractivity contribution in [2.24, 2.45) is 5.10 Å². The molecule has 0 saturated heterocycles. The standard InChI is InChI=1S/C10H16N2O4/c1-5-6-12(11-7-8(13)14)9(15)16-10(2,3)4/h5,7H,1,6H2,2-4H3,(H,13,14). The summed E-state index contributed by atoms with van der Waals surface area (Å²) in [5, 5.41) is 12.7. The highest BCUT2D eigenvalue weighted by Crippen LogP contribution is 2.09. The molecule has 6 heteroatoms. The van der Waals surface area contributed by atoms with Gasteiger partial charge in [0.25, 0.3) is 0 Å². The van der Waals surface area contributed by atoms with Crippen molar-refractivity contribution in [3.8, 4) is 0 Å². The van der Waals surface area contributed by atoms with Crippen molar-refractivity contribution < 1.29 is 19.4 Å². The Hall–Kier alpha value is -1.85. The van der Waals surface area contributed by atoms with Crippen molar-refractivity contribution in [3.05, 3.63) is 12.7 Å². The molecule has 0 saturated carbocycles. The molecule has 0 fully saturated rings. The lowest BCUT2D eigenvalue weighted by Crippen LogP contribution is -2.34. The molecule has 0 unspecified atom stereocenters. The fraction of sp³-hybridized carbons (Fsp3) is 0.500. The minimum atomic E-state index is -1.24. The summed E-state index contributed by atoms with van der Waals surface area (Å²) in [5.41, 5.74) is -0.657. The van der Waals surface area contributed by atoms with Gasteiger partial charge in [0, 0.05) is 0 Å². The maximum atomic E-state index is 11.5. The van der Waals surface area contributed by atoms with Crippen molar-refractivity contribution in [1.82, 2.24) is 5.01 Å². The average molecular weight is 228 g/mol. The Labute approximate surface area is 94.2 Å². The molecule has 1 amide bonds. The van der Waals surface area contributed by atoms with Crippen LogP contribution in [0.5, 0.6) is 0 Å². The number of carboxylic acids is 1. The van der Waals surface area contributed by atoms with E-state index in [1.165, 1.54) is 6.08 Å². The monoisotopic (exact) mass is 228 g/mol. The van der Waals surface area contributed by atoms with Gasteiger partial charge in [-0.2, -0.15) is 10.1 Å². The molecule has 0 bridgehead atoms. The van der Waals surface area contributed by atoms with E-state index >= 15 is 0 Å². The van der Waals surface area contributed by atoms with Crippen LogP contribution in [0.2, 0.25) is 0 Å². The van der Waals surface area contributed by atoms with E-state index in [0.717, 1.165) is 5.01 Å². The average Bonchev–Trinajstić information content (AvgIpc) is 2.08. The van der Waals surface area contributed by atoms with E-state index in [4.69, 9.17) is 9.84 Å². The zero-order valence-corrected chi connectivity index (χ0v) is 9.64. The Morgan fingerprint density at radius 2 is 2.06 bits per heavy atom. The minimum Gasteiger partial charge on any atom is -0.477 e. The van der Waals surface area contributed by atoms with Crippen LogP contribution in [0.3, 0.4) is 0 Å². The number of carboxylic acid groups (broad SMARTS) is 1. The van der Waals surface area contributed by atoms with Crippen LogP contribution < -0.4 is 0 Å². The quantitative estimate of drug-likeness (QED) is 0.449. The summed E-state index contributed by atoms with van der Waals surface area (Å²) in [4.78, 5) is 21.8. The number of hydrazone groups is 1. The molecule has 0 aromatic carbocycles. The van der Waals surface area contributed by atoms with E-state index in [9.17, 15) is 9.59 Å². The van der Waals surface area contributed by atoms with Gasteiger partial charge < -0.3 is 9.84 Å². The Bertz CT molecular complexity index is 304. The zero-order valence-electron chi connectivity index (χ0n) is 9.64. The summed E-state index contributed by atoms with van der Waals surface area (Å²) in [6.45, 7) is 8.64. The van der Waals surface area contributed by atoms with Crippen molar-refractivity contribution in [2.75, 3.05) is 6.54 Å². The lowest BCUT2D eigenvalue weighted by Gasteiger charge is -2.23. The first-order valence-corrected chi connectivity index (χ1v) is 4.64. The van der Waals surface area contributed by atoms with Gasteiger partial charge in [0.1, 0.15) is 11.8 Å². The predicted molar refractivity (Wildman–Crippen MR) is 59.3 cm³/mol. The second kappa shape index (κ2) is 5.89. The lowest BCUT2D eigenvalue weighted by atomic mass is 10.2. The molecular formula is C10H16N2O4. The van der Waals surface area contributed by atoms with Gasteiger partial charge in [-0.15, -0.1) is 6.58 Å². The summed E-state index contributed by atoms with van der Waals surface area (Å²) in [6.07, 6.45) is 1.32. The summed E-state index contributed by atoms with van der Waals surface area (Å²) < 4.78 is 5.02. The van der Waals surface area contributed by atoms with E-state index in [1.54, 1.807) is 20.8 Å². The first kappa shape index (κ1) is 14.2. The molecule has 0 aliphatic rings. The zero-order chi connectivity index (χ0) is 12.8. The van der Waals surface area contributed by atoms with E-state index < -0.39 is 17.7 Å². The van der Waals surface area contributed by atoms with E-state index in [2.05, 4.69) is 11.7 Å². The maximum absolute atomic E-state index is 11.5. The van der Waals surface area contributed by atoms with Crippen LogP contribution in [-0.4, -0.2) is 40.5 Å². The molecular weight excluding hydrogens is 212 g/mol. The lowest BCUT2D eigenvalue weighted by molar-refractivity contribution is -0.128. The highest BCUT2D eigenvalue weighted by molar-refractivity contribution is 6.22. The third kappa shape index (κ3) is 6.58. The largest absolute Gasteiger partial charge is 0.477 e. The summed E-state index contributed by atoms with van der Waals surface area (Å²) in [6, 6.07) is 0. The predicted octanol–water partition coefficient (Wildman–Crippen LogP) is 1.48. The van der Waals surface area contributed by atoms with Crippen LogP contribution in [0.15, 0.2) is 17.8 Å². The Balaban J connectivity index is 4.59. The van der Waals surface area contributed by atoms with E-state index in [0.29, 0.717) is 6.21 Å². The number of hydrogen-bond donors (Lipinski definition) is 1. The molecule has 0 radical (unpaired) electrons. The number of amides is 1. The maximum Gasteiger partial charge on any atom is 0.431 e. The number of nitrogens with zero attached hydrogens (tertiary/aromatic N) is 2. The second-order valence-electron chi connectivity index (χ2n) is 3.93. The smallest absolute Gasteiger partial charge is 0.431 e. The number of aliphatic carboxylic acids is 1. The fourth-order valence-electron chi connectivity index (χ4n) is 0.725. The second-order valence-corrected chi connectivity index (χ2v) is 3.93. The molecule has 0 rings (SSSR count). The Kier molecular flexibility index (Phi) is 5.21. The normalized spacial score (nSPS) is 11.2. The van der Waals surface area contributed by atoms with Gasteiger partial charge in [-0.05, 0) is 20.8 Å². The third-order valence-electron chi connectivity index (χ3n) is 1.21. The van der Waals surface area contributed by atoms with Crippen LogP contribution in [0.1, 0.15) is 20.8 Å². The van der Waals surface area contributed by atoms with Crippen LogP contribution in [0.4, 0.5) is 4.79 Å². The summed E-state index contributed by atoms with van der Waals surface area (Å²) in [7, 11) is 0. The number of hydrogen-bond acceptors (Lipinski definition) is 4. The number of carbonyl (C=O) groups excluding carboxylic acids is 1. The van der Waals surface area contributed by atoms with Gasteiger partial charge in [0.05, 0.1) is 6.54 Å². The SMILES string of the molecule is C=CCN(N=CC(=O)O)C(=O)OC(C)(C)C. The van der Waals surface area contributed by atoms with Crippen LogP contribution in [0, 0.1) is 0 Å². The van der Waals surface area contributed by atoms with Crippen LogP contribution in [0.25, 0.3) is 0 Å². The van der Waals surface area contributed by atoms with Crippen LogP contribution >= 0.6 is 0 Å². The number of carbonyl (C=O) groups is 2. The molecule has 90 valence electrons. The number of rotatable bonds is 4. The summed E-state index contributed by atoms with van der Waals surface area (Å²) in [5.74, 6) is -1.24. The fourth-order valence-corrected chi connectivity index (χ4v) is 0.725. The van der Waals surface area contributed by atoms with Crippen LogP contribution in [-0.2, 0) is 9.53 Å². The molecule has 0 aromatic rings. The van der Waals surface area contributed by atoms with Gasteiger partial charge in [-0.3, -0.25) is 0 Å². The Morgan fingerprint density at radius 1 is 1.50 bits per heavy atom. The molecule has 0 aliphatic carbocycles. The molecule has 1 N–H and O–H groups in total. The molecule has 0 aromatic heterocycles. The van der Waals surface area contributed by atoms with Gasteiger partial charge in [0.2, 0.25) is 0 Å². The van der Waals surface area contributed by atoms with Gasteiger partial charge in [-0.25, -0.2) is 9.59 Å².